The monoisotopic (exact) mass is 361 g/mol. The van der Waals surface area contributed by atoms with Crippen LogP contribution < -0.4 is 0 Å². The fourth-order valence-corrected chi connectivity index (χ4v) is 4.00. The Morgan fingerprint density at radius 2 is 1.81 bits per heavy atom. The quantitative estimate of drug-likeness (QED) is 0.773. The molecule has 0 unspecified atom stereocenters. The summed E-state index contributed by atoms with van der Waals surface area (Å²) in [5, 5.41) is 1.12. The lowest BCUT2D eigenvalue weighted by Crippen LogP contribution is -2.33. The third-order valence-electron chi connectivity index (χ3n) is 5.34. The van der Waals surface area contributed by atoms with Gasteiger partial charge in [0.2, 0.25) is 5.91 Å². The first-order chi connectivity index (χ1) is 13.0. The Morgan fingerprint density at radius 3 is 2.59 bits per heavy atom. The molecule has 0 aliphatic carbocycles. The summed E-state index contributed by atoms with van der Waals surface area (Å²) in [6.45, 7) is 2.44. The van der Waals surface area contributed by atoms with Crippen LogP contribution in [-0.2, 0) is 4.79 Å². The normalized spacial score (nSPS) is 16.0. The Kier molecular flexibility index (Phi) is 4.22. The standard InChI is InChI=1S/C22H23N3O2/c1-14-20(17-10-6-7-11-18(17)23-14)21-15-8-4-5-9-16(15)22(27)25(21)13-12-19(26)24(2)3/h4-11,21,23H,12-13H2,1-3H3/t21-/m1/s1. The number of para-hydroxylation sites is 1. The maximum absolute atomic E-state index is 13.1. The molecule has 1 aliphatic heterocycles. The van der Waals surface area contributed by atoms with E-state index in [0.29, 0.717) is 13.0 Å². The zero-order valence-corrected chi connectivity index (χ0v) is 15.8. The van der Waals surface area contributed by atoms with Crippen molar-refractivity contribution in [2.45, 2.75) is 19.4 Å². The minimum absolute atomic E-state index is 0.00756. The molecule has 2 amide bonds. The van der Waals surface area contributed by atoms with Crippen LogP contribution in [0, 0.1) is 6.92 Å². The van der Waals surface area contributed by atoms with Gasteiger partial charge in [-0.15, -0.1) is 0 Å². The lowest BCUT2D eigenvalue weighted by Gasteiger charge is -2.26. The molecule has 1 atom stereocenters. The highest BCUT2D eigenvalue weighted by Gasteiger charge is 2.39. The highest BCUT2D eigenvalue weighted by molar-refractivity contribution is 6.01. The van der Waals surface area contributed by atoms with Crippen LogP contribution >= 0.6 is 0 Å². The lowest BCUT2D eigenvalue weighted by molar-refractivity contribution is -0.128. The van der Waals surface area contributed by atoms with E-state index < -0.39 is 0 Å². The molecule has 1 aromatic heterocycles. The third kappa shape index (κ3) is 2.79. The topological polar surface area (TPSA) is 56.4 Å². The van der Waals surface area contributed by atoms with E-state index >= 15 is 0 Å². The summed E-state index contributed by atoms with van der Waals surface area (Å²) in [7, 11) is 3.48. The number of carbonyl (C=O) groups is 2. The van der Waals surface area contributed by atoms with Crippen molar-refractivity contribution in [1.82, 2.24) is 14.8 Å². The number of aromatic amines is 1. The van der Waals surface area contributed by atoms with Crippen molar-refractivity contribution in [2.24, 2.45) is 0 Å². The number of rotatable bonds is 4. The molecule has 4 rings (SSSR count). The van der Waals surface area contributed by atoms with Crippen LogP contribution in [0.3, 0.4) is 0 Å². The molecule has 3 aromatic rings. The molecule has 2 aromatic carbocycles. The van der Waals surface area contributed by atoms with Crippen LogP contribution in [0.1, 0.15) is 39.6 Å². The molecule has 138 valence electrons. The number of hydrogen-bond acceptors (Lipinski definition) is 2. The number of nitrogens with zero attached hydrogens (tertiary/aromatic N) is 2. The predicted octanol–water partition coefficient (Wildman–Crippen LogP) is 3.50. The van der Waals surface area contributed by atoms with Gasteiger partial charge in [-0.2, -0.15) is 0 Å². The van der Waals surface area contributed by atoms with E-state index in [2.05, 4.69) is 17.1 Å². The van der Waals surface area contributed by atoms with Crippen molar-refractivity contribution in [3.63, 3.8) is 0 Å². The zero-order valence-electron chi connectivity index (χ0n) is 15.8. The van der Waals surface area contributed by atoms with Crippen molar-refractivity contribution in [3.8, 4) is 0 Å². The highest BCUT2D eigenvalue weighted by atomic mass is 16.2. The van der Waals surface area contributed by atoms with E-state index in [-0.39, 0.29) is 17.9 Å². The second kappa shape index (κ2) is 6.58. The van der Waals surface area contributed by atoms with Gasteiger partial charge >= 0.3 is 0 Å². The lowest BCUT2D eigenvalue weighted by atomic mass is 9.95. The van der Waals surface area contributed by atoms with Gasteiger partial charge in [0, 0.05) is 54.8 Å². The Morgan fingerprint density at radius 1 is 1.11 bits per heavy atom. The van der Waals surface area contributed by atoms with Gasteiger partial charge in [-0.05, 0) is 24.6 Å². The van der Waals surface area contributed by atoms with E-state index in [0.717, 1.165) is 33.3 Å². The summed E-state index contributed by atoms with van der Waals surface area (Å²) in [4.78, 5) is 32.1. The number of nitrogens with one attached hydrogen (secondary N) is 1. The van der Waals surface area contributed by atoms with Gasteiger partial charge in [-0.3, -0.25) is 9.59 Å². The largest absolute Gasteiger partial charge is 0.358 e. The fourth-order valence-electron chi connectivity index (χ4n) is 4.00. The van der Waals surface area contributed by atoms with Gasteiger partial charge < -0.3 is 14.8 Å². The van der Waals surface area contributed by atoms with E-state index in [1.54, 1.807) is 19.0 Å². The molecular formula is C22H23N3O2. The molecule has 0 bridgehead atoms. The van der Waals surface area contributed by atoms with Crippen LogP contribution in [0.2, 0.25) is 0 Å². The Labute approximate surface area is 158 Å². The summed E-state index contributed by atoms with van der Waals surface area (Å²) in [5.41, 5.74) is 4.96. The molecule has 0 saturated heterocycles. The first kappa shape index (κ1) is 17.3. The van der Waals surface area contributed by atoms with Crippen LogP contribution in [0.15, 0.2) is 48.5 Å². The number of carbonyl (C=O) groups excluding carboxylic acids is 2. The van der Waals surface area contributed by atoms with Crippen molar-refractivity contribution in [3.05, 3.63) is 70.9 Å². The number of aryl methyl sites for hydroxylation is 1. The van der Waals surface area contributed by atoms with Crippen molar-refractivity contribution < 1.29 is 9.59 Å². The number of H-pyrrole nitrogens is 1. The molecule has 0 spiro atoms. The number of hydrogen-bond donors (Lipinski definition) is 1. The molecule has 1 aliphatic rings. The van der Waals surface area contributed by atoms with Crippen LogP contribution in [0.4, 0.5) is 0 Å². The summed E-state index contributed by atoms with van der Waals surface area (Å²) < 4.78 is 0. The van der Waals surface area contributed by atoms with E-state index in [9.17, 15) is 9.59 Å². The average molecular weight is 361 g/mol. The predicted molar refractivity (Wildman–Crippen MR) is 106 cm³/mol. The molecule has 5 heteroatoms. The van der Waals surface area contributed by atoms with Crippen molar-refractivity contribution in [2.75, 3.05) is 20.6 Å². The van der Waals surface area contributed by atoms with Crippen LogP contribution in [0.5, 0.6) is 0 Å². The molecule has 0 fully saturated rings. The summed E-state index contributed by atoms with van der Waals surface area (Å²) in [5.74, 6) is 0.0139. The number of aromatic nitrogens is 1. The summed E-state index contributed by atoms with van der Waals surface area (Å²) in [6.07, 6.45) is 0.310. The van der Waals surface area contributed by atoms with Crippen LogP contribution in [-0.4, -0.2) is 47.2 Å². The van der Waals surface area contributed by atoms with Gasteiger partial charge in [0.1, 0.15) is 0 Å². The SMILES string of the molecule is Cc1[nH]c2ccccc2c1[C@H]1c2ccccc2C(=O)N1CCC(=O)N(C)C. The Bertz CT molecular complexity index is 1030. The molecule has 1 N–H and O–H groups in total. The smallest absolute Gasteiger partial charge is 0.255 e. The fraction of sp³-hybridized carbons (Fsp3) is 0.273. The second-order valence-electron chi connectivity index (χ2n) is 7.24. The second-order valence-corrected chi connectivity index (χ2v) is 7.24. The number of benzene rings is 2. The first-order valence-corrected chi connectivity index (χ1v) is 9.16. The highest BCUT2D eigenvalue weighted by Crippen LogP contribution is 2.42. The molecule has 27 heavy (non-hydrogen) atoms. The summed E-state index contributed by atoms with van der Waals surface area (Å²) >= 11 is 0. The molecule has 2 heterocycles. The van der Waals surface area contributed by atoms with Crippen LogP contribution in [0.25, 0.3) is 10.9 Å². The van der Waals surface area contributed by atoms with Gasteiger partial charge in [0.05, 0.1) is 6.04 Å². The molecular weight excluding hydrogens is 338 g/mol. The maximum Gasteiger partial charge on any atom is 0.255 e. The van der Waals surface area contributed by atoms with E-state index in [1.165, 1.54) is 0 Å². The van der Waals surface area contributed by atoms with E-state index in [4.69, 9.17) is 0 Å². The maximum atomic E-state index is 13.1. The number of amides is 2. The van der Waals surface area contributed by atoms with Gasteiger partial charge in [0.15, 0.2) is 0 Å². The molecule has 5 nitrogen and oxygen atoms in total. The van der Waals surface area contributed by atoms with Gasteiger partial charge in [-0.25, -0.2) is 0 Å². The van der Waals surface area contributed by atoms with Gasteiger partial charge in [-0.1, -0.05) is 36.4 Å². The Balaban J connectivity index is 1.82. The molecule has 0 radical (unpaired) electrons. The average Bonchev–Trinajstić information content (AvgIpc) is 3.13. The van der Waals surface area contributed by atoms with E-state index in [1.807, 2.05) is 48.2 Å². The summed E-state index contributed by atoms with van der Waals surface area (Å²) in [6, 6.07) is 15.7. The number of fused-ring (bicyclic) bond motifs is 2. The van der Waals surface area contributed by atoms with Crippen molar-refractivity contribution in [1.29, 1.82) is 0 Å². The minimum Gasteiger partial charge on any atom is -0.358 e. The first-order valence-electron chi connectivity index (χ1n) is 9.16. The zero-order chi connectivity index (χ0) is 19.1. The third-order valence-corrected chi connectivity index (χ3v) is 5.34. The Hall–Kier alpha value is -3.08. The minimum atomic E-state index is -0.181. The molecule has 0 saturated carbocycles. The van der Waals surface area contributed by atoms with Gasteiger partial charge in [0.25, 0.3) is 5.91 Å². The van der Waals surface area contributed by atoms with Crippen molar-refractivity contribution >= 4 is 22.7 Å².